The predicted molar refractivity (Wildman–Crippen MR) is 107 cm³/mol. The van der Waals surface area contributed by atoms with Crippen molar-refractivity contribution >= 4 is 41.3 Å². The van der Waals surface area contributed by atoms with Crippen LogP contribution in [-0.2, 0) is 27.5 Å². The van der Waals surface area contributed by atoms with Gasteiger partial charge in [0.25, 0.3) is 0 Å². The molecule has 0 bridgehead atoms. The van der Waals surface area contributed by atoms with Gasteiger partial charge in [-0.05, 0) is 19.1 Å². The molecule has 0 aliphatic heterocycles. The quantitative estimate of drug-likeness (QED) is 0.264. The molecule has 33 heavy (non-hydrogen) atoms. The molecule has 2 rings (SSSR count). The Hall–Kier alpha value is -2.51. The fraction of sp³-hybridized carbons (Fsp3) is 0.389. The zero-order valence-corrected chi connectivity index (χ0v) is 18.8. The topological polar surface area (TPSA) is 79.9 Å². The number of ether oxygens (including phenoxy) is 1. The van der Waals surface area contributed by atoms with Crippen LogP contribution < -0.4 is 0 Å². The molecule has 0 amide bonds. The summed E-state index contributed by atoms with van der Waals surface area (Å²) in [6.07, 6.45) is -9.07. The summed E-state index contributed by atoms with van der Waals surface area (Å²) in [5.74, 6) is -2.24. The number of rotatable bonds is 5. The molecule has 0 saturated heterocycles. The normalized spacial score (nSPS) is 14.5. The average molecular weight is 521 g/mol. The summed E-state index contributed by atoms with van der Waals surface area (Å²) in [4.78, 5) is 17.3. The molecule has 182 valence electrons. The number of aliphatic hydroxyl groups is 1. The number of carbonyl (C=O) groups excluding carboxylic acids is 1. The van der Waals surface area contributed by atoms with Crippen LogP contribution in [0.25, 0.3) is 5.69 Å². The number of methoxy groups -OCH3 is 1. The number of aromatic nitrogens is 2. The molecular formula is C18H16Cl2F6N4O3. The summed E-state index contributed by atoms with van der Waals surface area (Å²) in [6, 6.07) is 0.880. The molecule has 1 heterocycles. The molecule has 0 saturated carbocycles. The second kappa shape index (κ2) is 9.03. The van der Waals surface area contributed by atoms with Crippen LogP contribution in [0.3, 0.4) is 0 Å². The third-order valence-corrected chi connectivity index (χ3v) is 4.74. The molecule has 1 aromatic heterocycles. The van der Waals surface area contributed by atoms with Gasteiger partial charge < -0.3 is 14.7 Å². The van der Waals surface area contributed by atoms with Gasteiger partial charge in [-0.1, -0.05) is 23.2 Å². The minimum absolute atomic E-state index is 0.403. The third-order valence-electron chi connectivity index (χ3n) is 4.17. The van der Waals surface area contributed by atoms with Crippen LogP contribution in [0.5, 0.6) is 0 Å². The number of alkyl halides is 6. The van der Waals surface area contributed by atoms with Crippen molar-refractivity contribution in [1.29, 1.82) is 0 Å². The van der Waals surface area contributed by atoms with E-state index in [1.54, 1.807) is 0 Å². The summed E-state index contributed by atoms with van der Waals surface area (Å²) in [7, 11) is 3.76. The zero-order chi connectivity index (χ0) is 25.5. The van der Waals surface area contributed by atoms with Crippen molar-refractivity contribution in [3.05, 3.63) is 39.0 Å². The molecule has 0 aliphatic carbocycles. The van der Waals surface area contributed by atoms with Crippen LogP contribution in [0, 0.1) is 0 Å². The Kier molecular flexibility index (Phi) is 7.32. The van der Waals surface area contributed by atoms with Gasteiger partial charge in [0, 0.05) is 14.1 Å². The van der Waals surface area contributed by atoms with Gasteiger partial charge in [0.15, 0.2) is 17.1 Å². The Morgan fingerprint density at radius 3 is 2.06 bits per heavy atom. The van der Waals surface area contributed by atoms with E-state index >= 15 is 0 Å². The van der Waals surface area contributed by atoms with E-state index in [1.807, 2.05) is 0 Å². The van der Waals surface area contributed by atoms with Crippen molar-refractivity contribution in [3.63, 3.8) is 0 Å². The first kappa shape index (κ1) is 26.7. The Labute approximate surface area is 193 Å². The van der Waals surface area contributed by atoms with Crippen molar-refractivity contribution in [2.24, 2.45) is 4.99 Å². The third kappa shape index (κ3) is 5.36. The van der Waals surface area contributed by atoms with Crippen molar-refractivity contribution < 1.29 is 41.0 Å². The molecule has 0 spiro atoms. The molecule has 1 atom stereocenters. The van der Waals surface area contributed by atoms with Gasteiger partial charge in [0.2, 0.25) is 0 Å². The second-order valence-corrected chi connectivity index (χ2v) is 7.83. The van der Waals surface area contributed by atoms with E-state index in [-0.39, 0.29) is 0 Å². The summed E-state index contributed by atoms with van der Waals surface area (Å²) < 4.78 is 85.6. The van der Waals surface area contributed by atoms with E-state index in [2.05, 4.69) is 14.8 Å². The van der Waals surface area contributed by atoms with E-state index in [9.17, 15) is 36.2 Å². The van der Waals surface area contributed by atoms with E-state index < -0.39 is 62.3 Å². The highest BCUT2D eigenvalue weighted by molar-refractivity contribution is 6.38. The van der Waals surface area contributed by atoms with Crippen LogP contribution >= 0.6 is 23.2 Å². The molecule has 0 aliphatic rings. The number of aliphatic imine (C=N–C) groups is 1. The van der Waals surface area contributed by atoms with Crippen molar-refractivity contribution in [3.8, 4) is 5.69 Å². The number of benzene rings is 1. The number of esters is 1. The second-order valence-electron chi connectivity index (χ2n) is 7.02. The van der Waals surface area contributed by atoms with E-state index in [0.717, 1.165) is 20.4 Å². The van der Waals surface area contributed by atoms with Gasteiger partial charge in [0.1, 0.15) is 5.69 Å². The van der Waals surface area contributed by atoms with Crippen LogP contribution in [0.2, 0.25) is 10.0 Å². The number of nitrogens with zero attached hydrogens (tertiary/aromatic N) is 4. The highest BCUT2D eigenvalue weighted by Crippen LogP contribution is 2.45. The van der Waals surface area contributed by atoms with Gasteiger partial charge in [-0.2, -0.15) is 31.4 Å². The van der Waals surface area contributed by atoms with Gasteiger partial charge in [0.05, 0.1) is 34.6 Å². The van der Waals surface area contributed by atoms with Crippen molar-refractivity contribution in [2.75, 3.05) is 21.2 Å². The van der Waals surface area contributed by atoms with Crippen LogP contribution in [0.4, 0.5) is 32.2 Å². The Morgan fingerprint density at radius 1 is 1.15 bits per heavy atom. The van der Waals surface area contributed by atoms with Crippen LogP contribution in [-0.4, -0.2) is 53.3 Å². The minimum Gasteiger partial charge on any atom is -0.467 e. The summed E-state index contributed by atoms with van der Waals surface area (Å²) >= 11 is 11.9. The molecule has 1 unspecified atom stereocenters. The lowest BCUT2D eigenvalue weighted by Gasteiger charge is -2.22. The highest BCUT2D eigenvalue weighted by atomic mass is 35.5. The molecule has 0 fully saturated rings. The maximum atomic E-state index is 13.9. The highest BCUT2D eigenvalue weighted by Gasteiger charge is 2.49. The summed E-state index contributed by atoms with van der Waals surface area (Å²) in [6.45, 7) is 0.722. The van der Waals surface area contributed by atoms with Crippen LogP contribution in [0.1, 0.15) is 23.7 Å². The first-order chi connectivity index (χ1) is 14.9. The smallest absolute Gasteiger partial charge is 0.435 e. The molecule has 1 aromatic carbocycles. The summed E-state index contributed by atoms with van der Waals surface area (Å²) in [5, 5.41) is 12.6. The number of hydrogen-bond acceptors (Lipinski definition) is 5. The Balaban J connectivity index is 3.03. The number of carbonyl (C=O) groups is 1. The Bertz CT molecular complexity index is 1070. The fourth-order valence-corrected chi connectivity index (χ4v) is 3.38. The molecule has 0 radical (unpaired) electrons. The first-order valence-corrected chi connectivity index (χ1v) is 9.47. The molecule has 1 N–H and O–H groups in total. The largest absolute Gasteiger partial charge is 0.467 e. The van der Waals surface area contributed by atoms with Crippen molar-refractivity contribution in [1.82, 2.24) is 14.7 Å². The van der Waals surface area contributed by atoms with E-state index in [1.165, 1.54) is 19.0 Å². The number of halogens is 8. The molecule has 15 heteroatoms. The molecule has 2 aromatic rings. The van der Waals surface area contributed by atoms with Gasteiger partial charge in [-0.25, -0.2) is 14.5 Å². The lowest BCUT2D eigenvalue weighted by atomic mass is 9.95. The fourth-order valence-electron chi connectivity index (χ4n) is 2.73. The lowest BCUT2D eigenvalue weighted by molar-refractivity contribution is -0.164. The Morgan fingerprint density at radius 2 is 1.67 bits per heavy atom. The maximum absolute atomic E-state index is 13.9. The standard InChI is InChI=1S/C18H16Cl2F6N4O3/c1-16(32,15(31)33-4)11-13(18(24,25)26)28-30(14(11)27-7-29(2)3)12-9(19)5-8(6-10(12)20)17(21,22)23/h5-7,32H,1-4H3/b27-7+. The number of hydrogen-bond donors (Lipinski definition) is 1. The average Bonchev–Trinajstić information content (AvgIpc) is 3.04. The minimum atomic E-state index is -5.23. The summed E-state index contributed by atoms with van der Waals surface area (Å²) in [5.41, 5.74) is -7.64. The molecule has 7 nitrogen and oxygen atoms in total. The van der Waals surface area contributed by atoms with Crippen LogP contribution in [0.15, 0.2) is 17.1 Å². The van der Waals surface area contributed by atoms with E-state index in [0.29, 0.717) is 16.8 Å². The first-order valence-electron chi connectivity index (χ1n) is 8.71. The lowest BCUT2D eigenvalue weighted by Crippen LogP contribution is -2.35. The zero-order valence-electron chi connectivity index (χ0n) is 17.3. The van der Waals surface area contributed by atoms with Gasteiger partial charge >= 0.3 is 18.3 Å². The SMILES string of the molecule is COC(=O)C(C)(O)c1c(C(F)(F)F)nn(-c2c(Cl)cc(C(F)(F)F)cc2Cl)c1/N=C/N(C)C. The molecular weight excluding hydrogens is 505 g/mol. The van der Waals surface area contributed by atoms with Gasteiger partial charge in [-0.15, -0.1) is 0 Å². The van der Waals surface area contributed by atoms with Gasteiger partial charge in [-0.3, -0.25) is 0 Å². The van der Waals surface area contributed by atoms with Crippen molar-refractivity contribution in [2.45, 2.75) is 24.9 Å². The maximum Gasteiger partial charge on any atom is 0.435 e. The predicted octanol–water partition coefficient (Wildman–Crippen LogP) is 4.82. The monoisotopic (exact) mass is 520 g/mol. The van der Waals surface area contributed by atoms with E-state index in [4.69, 9.17) is 23.2 Å².